The molecule has 2 aliphatic rings. The van der Waals surface area contributed by atoms with E-state index in [9.17, 15) is 9.59 Å². The van der Waals surface area contributed by atoms with E-state index in [-0.39, 0.29) is 37.7 Å². The molecule has 0 aromatic carbocycles. The van der Waals surface area contributed by atoms with Crippen molar-refractivity contribution in [3.05, 3.63) is 0 Å². The average Bonchev–Trinajstić information content (AvgIpc) is 2.89. The highest BCUT2D eigenvalue weighted by atomic mass is 16.6. The second-order valence-electron chi connectivity index (χ2n) is 5.62. The number of fused-ring (bicyclic) bond motifs is 1. The van der Waals surface area contributed by atoms with Gasteiger partial charge in [-0.05, 0) is 5.92 Å². The number of nitrogens with one attached hydrogen (secondary N) is 1. The molecule has 0 aromatic rings. The molecule has 0 fully saturated rings. The monoisotopic (exact) mass is 326 g/mol. The third-order valence-corrected chi connectivity index (χ3v) is 3.49. The topological polar surface area (TPSA) is 145 Å². The Balaban J connectivity index is 1.69. The van der Waals surface area contributed by atoms with Gasteiger partial charge in [0.25, 0.3) is 5.91 Å². The van der Waals surface area contributed by atoms with Gasteiger partial charge >= 0.3 is 5.97 Å². The Kier molecular flexibility index (Phi) is 5.50. The zero-order chi connectivity index (χ0) is 17.0. The fraction of sp³-hybridized carbons (Fsp3) is 0.692. The predicted molar refractivity (Wildman–Crippen MR) is 82.3 cm³/mol. The molecule has 0 aromatic heterocycles. The summed E-state index contributed by atoms with van der Waals surface area (Å²) >= 11 is 0. The van der Waals surface area contributed by atoms with Crippen molar-refractivity contribution in [2.75, 3.05) is 19.9 Å². The number of guanidine groups is 1. The summed E-state index contributed by atoms with van der Waals surface area (Å²) in [7, 11) is 0. The first-order valence-electron chi connectivity index (χ1n) is 7.33. The quantitative estimate of drug-likeness (QED) is 0.361. The van der Waals surface area contributed by atoms with E-state index in [0.29, 0.717) is 0 Å². The second kappa shape index (κ2) is 7.38. The molecule has 2 heterocycles. The standard InChI is InChI=1S/C13H22N6O4/c1-7(2)8(14)12(21)23-4-3-22-6-19-5-16-9-10(19)17-13(15)18-11(9)20/h5,7-10H,3-4,6,14H2,1-2H3,(H3,15,17,18,20). The Bertz CT molecular complexity index is 521. The molecule has 0 saturated carbocycles. The Morgan fingerprint density at radius 1 is 1.48 bits per heavy atom. The van der Waals surface area contributed by atoms with Gasteiger partial charge in [-0.1, -0.05) is 13.8 Å². The number of aliphatic imine (C=N–C) groups is 2. The van der Waals surface area contributed by atoms with Crippen LogP contribution in [0, 0.1) is 5.92 Å². The van der Waals surface area contributed by atoms with Crippen molar-refractivity contribution in [2.45, 2.75) is 32.1 Å². The van der Waals surface area contributed by atoms with Crippen LogP contribution in [-0.2, 0) is 19.1 Å². The first kappa shape index (κ1) is 17.2. The van der Waals surface area contributed by atoms with Crippen molar-refractivity contribution in [3.63, 3.8) is 0 Å². The zero-order valence-corrected chi connectivity index (χ0v) is 13.1. The maximum atomic E-state index is 11.7. The van der Waals surface area contributed by atoms with Gasteiger partial charge in [-0.2, -0.15) is 0 Å². The highest BCUT2D eigenvalue weighted by Gasteiger charge is 2.39. The molecule has 3 unspecified atom stereocenters. The molecule has 0 bridgehead atoms. The van der Waals surface area contributed by atoms with Gasteiger partial charge in [0.15, 0.2) is 18.2 Å². The van der Waals surface area contributed by atoms with Crippen LogP contribution in [0.3, 0.4) is 0 Å². The Labute approximate surface area is 133 Å². The molecule has 2 rings (SSSR count). The van der Waals surface area contributed by atoms with Gasteiger partial charge in [0.05, 0.1) is 12.9 Å². The molecule has 5 N–H and O–H groups in total. The van der Waals surface area contributed by atoms with E-state index in [1.165, 1.54) is 6.34 Å². The molecule has 0 spiro atoms. The third-order valence-electron chi connectivity index (χ3n) is 3.49. The van der Waals surface area contributed by atoms with Crippen LogP contribution in [0.1, 0.15) is 13.8 Å². The Morgan fingerprint density at radius 3 is 2.91 bits per heavy atom. The van der Waals surface area contributed by atoms with E-state index in [0.717, 1.165) is 0 Å². The smallest absolute Gasteiger partial charge is 0.323 e. The molecule has 128 valence electrons. The van der Waals surface area contributed by atoms with Gasteiger partial charge in [-0.15, -0.1) is 0 Å². The minimum Gasteiger partial charge on any atom is -0.462 e. The number of carbonyl (C=O) groups is 2. The summed E-state index contributed by atoms with van der Waals surface area (Å²) in [5.74, 6) is -0.670. The molecule has 0 aliphatic carbocycles. The number of nitrogens with zero attached hydrogens (tertiary/aromatic N) is 3. The Hall–Kier alpha value is -2.20. The highest BCUT2D eigenvalue weighted by molar-refractivity contribution is 6.02. The largest absolute Gasteiger partial charge is 0.462 e. The molecule has 2 aliphatic heterocycles. The summed E-state index contributed by atoms with van der Waals surface area (Å²) in [6.07, 6.45) is 0.998. The summed E-state index contributed by atoms with van der Waals surface area (Å²) in [6, 6.07) is -1.26. The van der Waals surface area contributed by atoms with Crippen LogP contribution < -0.4 is 16.8 Å². The first-order chi connectivity index (χ1) is 10.9. The number of hydrogen-bond acceptors (Lipinski definition) is 9. The van der Waals surface area contributed by atoms with Gasteiger partial charge in [0.2, 0.25) is 0 Å². The number of carbonyl (C=O) groups excluding carboxylic acids is 2. The van der Waals surface area contributed by atoms with Crippen molar-refractivity contribution < 1.29 is 19.1 Å². The number of rotatable bonds is 7. The molecule has 10 heteroatoms. The number of nitrogens with two attached hydrogens (primary N) is 2. The normalized spacial score (nSPS) is 24.3. The SMILES string of the molecule is CC(C)C(N)C(=O)OCCOCN1C=NC2C(=O)NC(N)=NC21. The van der Waals surface area contributed by atoms with E-state index in [1.54, 1.807) is 4.90 Å². The fourth-order valence-electron chi connectivity index (χ4n) is 2.06. The van der Waals surface area contributed by atoms with Crippen molar-refractivity contribution in [3.8, 4) is 0 Å². The number of hydrogen-bond donors (Lipinski definition) is 3. The lowest BCUT2D eigenvalue weighted by Crippen LogP contribution is -2.54. The van der Waals surface area contributed by atoms with Crippen molar-refractivity contribution in [1.82, 2.24) is 10.2 Å². The molecule has 0 radical (unpaired) electrons. The van der Waals surface area contributed by atoms with Crippen LogP contribution in [0.5, 0.6) is 0 Å². The van der Waals surface area contributed by atoms with E-state index >= 15 is 0 Å². The van der Waals surface area contributed by atoms with E-state index in [2.05, 4.69) is 15.3 Å². The molecule has 0 saturated heterocycles. The zero-order valence-electron chi connectivity index (χ0n) is 13.1. The van der Waals surface area contributed by atoms with Crippen LogP contribution in [0.2, 0.25) is 0 Å². The lowest BCUT2D eigenvalue weighted by atomic mass is 10.1. The minimum atomic E-state index is -0.639. The fourth-order valence-corrected chi connectivity index (χ4v) is 2.06. The van der Waals surface area contributed by atoms with Crippen molar-refractivity contribution in [1.29, 1.82) is 0 Å². The number of esters is 1. The minimum absolute atomic E-state index is 0.0157. The summed E-state index contributed by atoms with van der Waals surface area (Å²) in [5.41, 5.74) is 11.2. The first-order valence-corrected chi connectivity index (χ1v) is 7.33. The lowest BCUT2D eigenvalue weighted by molar-refractivity contribution is -0.148. The highest BCUT2D eigenvalue weighted by Crippen LogP contribution is 2.17. The van der Waals surface area contributed by atoms with Crippen LogP contribution in [0.15, 0.2) is 9.98 Å². The van der Waals surface area contributed by atoms with Gasteiger partial charge in [0.1, 0.15) is 19.4 Å². The van der Waals surface area contributed by atoms with Gasteiger partial charge in [-0.3, -0.25) is 19.9 Å². The van der Waals surface area contributed by atoms with E-state index in [1.807, 2.05) is 13.8 Å². The molecule has 23 heavy (non-hydrogen) atoms. The molecule has 10 nitrogen and oxygen atoms in total. The van der Waals surface area contributed by atoms with Crippen LogP contribution in [0.25, 0.3) is 0 Å². The summed E-state index contributed by atoms with van der Waals surface area (Å²) in [4.78, 5) is 33.1. The van der Waals surface area contributed by atoms with E-state index < -0.39 is 24.2 Å². The predicted octanol–water partition coefficient (Wildman–Crippen LogP) is -2.03. The Morgan fingerprint density at radius 2 is 2.22 bits per heavy atom. The summed E-state index contributed by atoms with van der Waals surface area (Å²) < 4.78 is 10.4. The lowest BCUT2D eigenvalue weighted by Gasteiger charge is -2.27. The van der Waals surface area contributed by atoms with E-state index in [4.69, 9.17) is 20.9 Å². The summed E-state index contributed by atoms with van der Waals surface area (Å²) in [5, 5.41) is 2.42. The third kappa shape index (κ3) is 4.17. The summed E-state index contributed by atoms with van der Waals surface area (Å²) in [6.45, 7) is 4.15. The van der Waals surface area contributed by atoms with Gasteiger partial charge < -0.3 is 25.8 Å². The molecule has 3 atom stereocenters. The second-order valence-corrected chi connectivity index (χ2v) is 5.62. The maximum absolute atomic E-state index is 11.7. The number of ether oxygens (including phenoxy) is 2. The molecule has 1 amide bonds. The van der Waals surface area contributed by atoms with Crippen molar-refractivity contribution >= 4 is 24.2 Å². The number of amides is 1. The molecular weight excluding hydrogens is 304 g/mol. The maximum Gasteiger partial charge on any atom is 0.323 e. The van der Waals surface area contributed by atoms with Gasteiger partial charge in [-0.25, -0.2) is 4.99 Å². The van der Waals surface area contributed by atoms with Crippen LogP contribution >= 0.6 is 0 Å². The van der Waals surface area contributed by atoms with Gasteiger partial charge in [0, 0.05) is 0 Å². The average molecular weight is 326 g/mol. The van der Waals surface area contributed by atoms with Crippen molar-refractivity contribution in [2.24, 2.45) is 27.4 Å². The molecular formula is C13H22N6O4. The van der Waals surface area contributed by atoms with Crippen LogP contribution in [-0.4, -0.2) is 67.3 Å². The van der Waals surface area contributed by atoms with Crippen LogP contribution in [0.4, 0.5) is 0 Å².